The van der Waals surface area contributed by atoms with Crippen molar-refractivity contribution in [2.45, 2.75) is 45.3 Å². The van der Waals surface area contributed by atoms with E-state index in [4.69, 9.17) is 16.3 Å². The van der Waals surface area contributed by atoms with Crippen molar-refractivity contribution < 1.29 is 14.3 Å². The molecule has 7 nitrogen and oxygen atoms in total. The third kappa shape index (κ3) is 4.59. The Labute approximate surface area is 170 Å². The van der Waals surface area contributed by atoms with Crippen molar-refractivity contribution in [2.75, 3.05) is 18.1 Å². The maximum Gasteiger partial charge on any atom is 0.410 e. The fourth-order valence-electron chi connectivity index (χ4n) is 3.54. The van der Waals surface area contributed by atoms with E-state index in [2.05, 4.69) is 10.7 Å². The zero-order valence-electron chi connectivity index (χ0n) is 16.4. The second-order valence-corrected chi connectivity index (χ2v) is 8.45. The van der Waals surface area contributed by atoms with Gasteiger partial charge in [0.15, 0.2) is 0 Å². The summed E-state index contributed by atoms with van der Waals surface area (Å²) in [5.41, 5.74) is 3.80. The summed E-state index contributed by atoms with van der Waals surface area (Å²) in [5, 5.41) is 5.09. The third-order valence-corrected chi connectivity index (χ3v) is 5.28. The van der Waals surface area contributed by atoms with Gasteiger partial charge in [-0.15, -0.1) is 0 Å². The first-order chi connectivity index (χ1) is 13.3. The molecule has 0 saturated carbocycles. The molecule has 2 aliphatic heterocycles. The molecule has 0 bridgehead atoms. The number of rotatable bonds is 4. The Bertz CT molecular complexity index is 740. The lowest BCUT2D eigenvalue weighted by Crippen LogP contribution is -2.48. The van der Waals surface area contributed by atoms with Crippen LogP contribution in [-0.2, 0) is 9.53 Å². The average Bonchev–Trinajstić information content (AvgIpc) is 2.98. The third-order valence-electron chi connectivity index (χ3n) is 4.86. The normalized spacial score (nSPS) is 21.1. The van der Waals surface area contributed by atoms with Crippen LogP contribution >= 0.6 is 11.6 Å². The second-order valence-electron chi connectivity index (χ2n) is 8.04. The lowest BCUT2D eigenvalue weighted by molar-refractivity contribution is -0.109. The molecule has 1 aromatic rings. The molecule has 2 heterocycles. The van der Waals surface area contributed by atoms with Crippen LogP contribution in [0.3, 0.4) is 0 Å². The molecule has 152 valence electrons. The molecule has 2 amide bonds. The minimum absolute atomic E-state index is 0.120. The van der Waals surface area contributed by atoms with Gasteiger partial charge in [0, 0.05) is 13.1 Å². The highest BCUT2D eigenvalue weighted by Gasteiger charge is 2.38. The fraction of sp³-hybridized carbons (Fsp3) is 0.500. The van der Waals surface area contributed by atoms with Crippen molar-refractivity contribution in [3.8, 4) is 0 Å². The number of amides is 2. The zero-order chi connectivity index (χ0) is 20.3. The van der Waals surface area contributed by atoms with E-state index in [1.165, 1.54) is 0 Å². The molecule has 3 rings (SSSR count). The number of hydrazine groups is 1. The maximum absolute atomic E-state index is 12.3. The van der Waals surface area contributed by atoms with E-state index < -0.39 is 5.60 Å². The van der Waals surface area contributed by atoms with Gasteiger partial charge in [0.25, 0.3) is 0 Å². The van der Waals surface area contributed by atoms with Gasteiger partial charge in [0.1, 0.15) is 11.4 Å². The van der Waals surface area contributed by atoms with E-state index in [0.717, 1.165) is 18.5 Å². The SMILES string of the molecule is CC(C)(C)OC(=O)N1CCC(C2NN(c3ccccc3)C(NC=O)=C2Cl)CC1. The number of nitrogens with zero attached hydrogens (tertiary/aromatic N) is 2. The van der Waals surface area contributed by atoms with Crippen molar-refractivity contribution in [3.05, 3.63) is 41.2 Å². The number of carbonyl (C=O) groups is 2. The molecule has 1 aromatic carbocycles. The molecule has 0 radical (unpaired) electrons. The topological polar surface area (TPSA) is 73.9 Å². The summed E-state index contributed by atoms with van der Waals surface area (Å²) < 4.78 is 5.46. The number of para-hydroxylation sites is 1. The summed E-state index contributed by atoms with van der Waals surface area (Å²) in [6.07, 6.45) is 1.94. The molecular weight excluding hydrogens is 380 g/mol. The Morgan fingerprint density at radius 1 is 1.25 bits per heavy atom. The summed E-state index contributed by atoms with van der Waals surface area (Å²) in [7, 11) is 0. The summed E-state index contributed by atoms with van der Waals surface area (Å²) in [6, 6.07) is 9.55. The van der Waals surface area contributed by atoms with Crippen LogP contribution in [0.25, 0.3) is 0 Å². The molecule has 0 aliphatic carbocycles. The highest BCUT2D eigenvalue weighted by molar-refractivity contribution is 6.31. The molecule has 2 N–H and O–H groups in total. The van der Waals surface area contributed by atoms with Gasteiger partial charge in [0.05, 0.1) is 16.8 Å². The van der Waals surface area contributed by atoms with E-state index in [9.17, 15) is 9.59 Å². The number of piperidine rings is 1. The van der Waals surface area contributed by atoms with Gasteiger partial charge in [-0.2, -0.15) is 0 Å². The molecule has 0 aromatic heterocycles. The van der Waals surface area contributed by atoms with Crippen LogP contribution in [0.1, 0.15) is 33.6 Å². The largest absolute Gasteiger partial charge is 0.444 e. The highest BCUT2D eigenvalue weighted by atomic mass is 35.5. The number of nitrogens with one attached hydrogen (secondary N) is 2. The number of ether oxygens (including phenoxy) is 1. The van der Waals surface area contributed by atoms with Crippen LogP contribution in [0, 0.1) is 5.92 Å². The summed E-state index contributed by atoms with van der Waals surface area (Å²) in [4.78, 5) is 25.1. The van der Waals surface area contributed by atoms with Crippen molar-refractivity contribution in [1.82, 2.24) is 15.6 Å². The Morgan fingerprint density at radius 3 is 2.46 bits per heavy atom. The van der Waals surface area contributed by atoms with Gasteiger partial charge in [-0.05, 0) is 51.7 Å². The standard InChI is InChI=1S/C20H27ClN4O3/c1-20(2,3)28-19(27)24-11-9-14(10-12-24)17-16(21)18(22-13-26)25(23-17)15-7-5-4-6-8-15/h4-8,13-14,17,23H,9-12H2,1-3H3,(H,22,26). The molecule has 1 unspecified atom stereocenters. The number of halogens is 1. The van der Waals surface area contributed by atoms with E-state index in [0.29, 0.717) is 30.4 Å². The average molecular weight is 407 g/mol. The Balaban J connectivity index is 1.68. The number of carbonyl (C=O) groups excluding carboxylic acids is 2. The van der Waals surface area contributed by atoms with Gasteiger partial charge in [-0.25, -0.2) is 10.2 Å². The van der Waals surface area contributed by atoms with E-state index in [-0.39, 0.29) is 18.1 Å². The first-order valence-corrected chi connectivity index (χ1v) is 9.87. The van der Waals surface area contributed by atoms with Crippen molar-refractivity contribution in [1.29, 1.82) is 0 Å². The Kier molecular flexibility index (Phi) is 6.15. The van der Waals surface area contributed by atoms with Crippen LogP contribution < -0.4 is 15.8 Å². The lowest BCUT2D eigenvalue weighted by Gasteiger charge is -2.36. The van der Waals surface area contributed by atoms with E-state index in [1.807, 2.05) is 56.1 Å². The highest BCUT2D eigenvalue weighted by Crippen LogP contribution is 2.35. The van der Waals surface area contributed by atoms with Crippen LogP contribution in [0.2, 0.25) is 0 Å². The van der Waals surface area contributed by atoms with Crippen LogP contribution in [0.5, 0.6) is 0 Å². The van der Waals surface area contributed by atoms with Gasteiger partial charge >= 0.3 is 6.09 Å². The van der Waals surface area contributed by atoms with Gasteiger partial charge < -0.3 is 15.0 Å². The molecule has 1 atom stereocenters. The number of hydrogen-bond donors (Lipinski definition) is 2. The molecule has 8 heteroatoms. The minimum atomic E-state index is -0.501. The molecule has 1 fully saturated rings. The van der Waals surface area contributed by atoms with Crippen molar-refractivity contribution in [2.24, 2.45) is 5.92 Å². The minimum Gasteiger partial charge on any atom is -0.444 e. The Morgan fingerprint density at radius 2 is 1.89 bits per heavy atom. The van der Waals surface area contributed by atoms with Crippen LogP contribution in [0.4, 0.5) is 10.5 Å². The first kappa shape index (κ1) is 20.5. The number of hydrogen-bond acceptors (Lipinski definition) is 5. The second kappa shape index (κ2) is 8.41. The smallest absolute Gasteiger partial charge is 0.410 e. The number of anilines is 1. The first-order valence-electron chi connectivity index (χ1n) is 9.49. The van der Waals surface area contributed by atoms with Gasteiger partial charge in [-0.3, -0.25) is 9.80 Å². The van der Waals surface area contributed by atoms with Crippen LogP contribution in [0.15, 0.2) is 41.2 Å². The van der Waals surface area contributed by atoms with Gasteiger partial charge in [-0.1, -0.05) is 29.8 Å². The number of likely N-dealkylation sites (tertiary alicyclic amines) is 1. The molecule has 1 saturated heterocycles. The van der Waals surface area contributed by atoms with Crippen molar-refractivity contribution >= 4 is 29.8 Å². The lowest BCUT2D eigenvalue weighted by atomic mass is 9.90. The van der Waals surface area contributed by atoms with Crippen LogP contribution in [-0.4, -0.2) is 42.1 Å². The fourth-order valence-corrected chi connectivity index (χ4v) is 3.90. The van der Waals surface area contributed by atoms with Crippen molar-refractivity contribution in [3.63, 3.8) is 0 Å². The van der Waals surface area contributed by atoms with Gasteiger partial charge in [0.2, 0.25) is 6.41 Å². The predicted octanol–water partition coefficient (Wildman–Crippen LogP) is 3.18. The monoisotopic (exact) mass is 406 g/mol. The summed E-state index contributed by atoms with van der Waals surface area (Å²) in [6.45, 7) is 6.83. The number of benzene rings is 1. The van der Waals surface area contributed by atoms with E-state index in [1.54, 1.807) is 4.90 Å². The quantitative estimate of drug-likeness (QED) is 0.751. The maximum atomic E-state index is 12.3. The van der Waals surface area contributed by atoms with E-state index >= 15 is 0 Å². The predicted molar refractivity (Wildman–Crippen MR) is 108 cm³/mol. The molecule has 0 spiro atoms. The molecule has 28 heavy (non-hydrogen) atoms. The molecule has 2 aliphatic rings. The summed E-state index contributed by atoms with van der Waals surface area (Å²) >= 11 is 6.64. The summed E-state index contributed by atoms with van der Waals surface area (Å²) in [5.74, 6) is 0.783. The zero-order valence-corrected chi connectivity index (χ0v) is 17.2. The Hall–Kier alpha value is -2.25. The molecular formula is C20H27ClN4O3.